The van der Waals surface area contributed by atoms with Gasteiger partial charge in [0.1, 0.15) is 12.2 Å². The van der Waals surface area contributed by atoms with Crippen molar-refractivity contribution in [2.45, 2.75) is 20.0 Å². The highest BCUT2D eigenvalue weighted by molar-refractivity contribution is 5.92. The van der Waals surface area contributed by atoms with Crippen molar-refractivity contribution >= 4 is 5.91 Å². The quantitative estimate of drug-likeness (QED) is 0.915. The molecule has 106 valence electrons. The van der Waals surface area contributed by atoms with Gasteiger partial charge in [-0.3, -0.25) is 9.59 Å². The summed E-state index contributed by atoms with van der Waals surface area (Å²) in [6, 6.07) is 3.80. The van der Waals surface area contributed by atoms with E-state index >= 15 is 0 Å². The van der Waals surface area contributed by atoms with E-state index < -0.39 is 24.2 Å². The maximum atomic E-state index is 12.4. The van der Waals surface area contributed by atoms with E-state index in [-0.39, 0.29) is 18.2 Å². The Bertz CT molecular complexity index is 494. The van der Waals surface area contributed by atoms with E-state index in [4.69, 9.17) is 0 Å². The third kappa shape index (κ3) is 5.15. The van der Waals surface area contributed by atoms with Gasteiger partial charge in [0, 0.05) is 12.6 Å². The van der Waals surface area contributed by atoms with Gasteiger partial charge in [0.05, 0.1) is 0 Å². The number of aromatic amines is 1. The maximum Gasteiger partial charge on any atom is 0.406 e. The number of amides is 1. The maximum absolute atomic E-state index is 12.4. The van der Waals surface area contributed by atoms with Crippen molar-refractivity contribution in [3.63, 3.8) is 0 Å². The largest absolute Gasteiger partial charge is 0.406 e. The van der Waals surface area contributed by atoms with Crippen molar-refractivity contribution in [3.8, 4) is 0 Å². The van der Waals surface area contributed by atoms with Crippen molar-refractivity contribution in [1.29, 1.82) is 0 Å². The van der Waals surface area contributed by atoms with Crippen LogP contribution in [-0.4, -0.2) is 35.1 Å². The highest BCUT2D eigenvalue weighted by Gasteiger charge is 2.33. The SMILES string of the molecule is CC(C)CN(CC(F)(F)F)C(=O)c1cccc(=O)[nH]1. The number of carbonyl (C=O) groups excluding carboxylic acids is 1. The first-order chi connectivity index (χ1) is 8.69. The molecule has 0 saturated heterocycles. The number of hydrogen-bond acceptors (Lipinski definition) is 2. The molecule has 1 heterocycles. The molecule has 0 fully saturated rings. The number of nitrogens with one attached hydrogen (secondary N) is 1. The fraction of sp³-hybridized carbons (Fsp3) is 0.500. The van der Waals surface area contributed by atoms with E-state index in [9.17, 15) is 22.8 Å². The molecule has 0 unspecified atom stereocenters. The molecule has 1 aromatic rings. The highest BCUT2D eigenvalue weighted by atomic mass is 19.4. The van der Waals surface area contributed by atoms with Crippen LogP contribution >= 0.6 is 0 Å². The predicted molar refractivity (Wildman–Crippen MR) is 63.9 cm³/mol. The second kappa shape index (κ2) is 5.90. The van der Waals surface area contributed by atoms with Crippen LogP contribution in [0.15, 0.2) is 23.0 Å². The molecular weight excluding hydrogens is 261 g/mol. The van der Waals surface area contributed by atoms with Gasteiger partial charge in [-0.25, -0.2) is 0 Å². The number of alkyl halides is 3. The number of aromatic nitrogens is 1. The number of hydrogen-bond donors (Lipinski definition) is 1. The third-order valence-corrected chi connectivity index (χ3v) is 2.24. The summed E-state index contributed by atoms with van der Waals surface area (Å²) < 4.78 is 37.3. The van der Waals surface area contributed by atoms with E-state index in [2.05, 4.69) is 4.98 Å². The molecule has 4 nitrogen and oxygen atoms in total. The lowest BCUT2D eigenvalue weighted by atomic mass is 10.2. The van der Waals surface area contributed by atoms with Crippen LogP contribution in [0.4, 0.5) is 13.2 Å². The summed E-state index contributed by atoms with van der Waals surface area (Å²) in [5.74, 6) is -0.939. The molecule has 1 rings (SSSR count). The normalized spacial score (nSPS) is 11.7. The Morgan fingerprint density at radius 3 is 2.47 bits per heavy atom. The van der Waals surface area contributed by atoms with Gasteiger partial charge in [0.25, 0.3) is 5.91 Å². The summed E-state index contributed by atoms with van der Waals surface area (Å²) in [5, 5.41) is 0. The minimum atomic E-state index is -4.47. The minimum absolute atomic E-state index is 0.0325. The third-order valence-electron chi connectivity index (χ3n) is 2.24. The molecule has 1 N–H and O–H groups in total. The predicted octanol–water partition coefficient (Wildman–Crippen LogP) is 2.04. The Morgan fingerprint density at radius 1 is 1.37 bits per heavy atom. The van der Waals surface area contributed by atoms with Crippen LogP contribution in [0.5, 0.6) is 0 Å². The second-order valence-electron chi connectivity index (χ2n) is 4.62. The van der Waals surface area contributed by atoms with Gasteiger partial charge in [0.15, 0.2) is 0 Å². The standard InChI is InChI=1S/C12H15F3N2O2/c1-8(2)6-17(7-12(13,14)15)11(19)9-4-3-5-10(18)16-9/h3-5,8H,6-7H2,1-2H3,(H,16,18). The number of H-pyrrole nitrogens is 1. The van der Waals surface area contributed by atoms with E-state index in [1.54, 1.807) is 13.8 Å². The zero-order valence-corrected chi connectivity index (χ0v) is 10.6. The smallest absolute Gasteiger partial charge is 0.328 e. The topological polar surface area (TPSA) is 53.2 Å². The molecule has 7 heteroatoms. The van der Waals surface area contributed by atoms with E-state index in [0.717, 1.165) is 0 Å². The number of pyridine rings is 1. The first-order valence-corrected chi connectivity index (χ1v) is 5.74. The van der Waals surface area contributed by atoms with Crippen molar-refractivity contribution in [2.75, 3.05) is 13.1 Å². The van der Waals surface area contributed by atoms with E-state index in [1.807, 2.05) is 0 Å². The van der Waals surface area contributed by atoms with Crippen LogP contribution in [0.2, 0.25) is 0 Å². The Labute approximate surface area is 108 Å². The summed E-state index contributed by atoms with van der Waals surface area (Å²) in [6.45, 7) is 2.06. The lowest BCUT2D eigenvalue weighted by Gasteiger charge is -2.25. The molecule has 0 aromatic carbocycles. The molecule has 0 spiro atoms. The number of nitrogens with zero attached hydrogens (tertiary/aromatic N) is 1. The molecule has 1 aromatic heterocycles. The Kier molecular flexibility index (Phi) is 4.74. The average molecular weight is 276 g/mol. The molecule has 0 aliphatic rings. The first-order valence-electron chi connectivity index (χ1n) is 5.74. The van der Waals surface area contributed by atoms with Crippen LogP contribution in [0.3, 0.4) is 0 Å². The molecule has 0 radical (unpaired) electrons. The number of halogens is 3. The zero-order valence-electron chi connectivity index (χ0n) is 10.6. The number of rotatable bonds is 4. The molecule has 0 aliphatic heterocycles. The van der Waals surface area contributed by atoms with Crippen LogP contribution in [0.25, 0.3) is 0 Å². The average Bonchev–Trinajstić information content (AvgIpc) is 2.24. The van der Waals surface area contributed by atoms with Gasteiger partial charge < -0.3 is 9.88 Å². The Balaban J connectivity index is 2.97. The highest BCUT2D eigenvalue weighted by Crippen LogP contribution is 2.18. The van der Waals surface area contributed by atoms with Crippen molar-refractivity contribution in [2.24, 2.45) is 5.92 Å². The van der Waals surface area contributed by atoms with Crippen molar-refractivity contribution < 1.29 is 18.0 Å². The van der Waals surface area contributed by atoms with Crippen LogP contribution < -0.4 is 5.56 Å². The Hall–Kier alpha value is -1.79. The Morgan fingerprint density at radius 2 is 2.00 bits per heavy atom. The second-order valence-corrected chi connectivity index (χ2v) is 4.62. The van der Waals surface area contributed by atoms with Gasteiger partial charge in [-0.2, -0.15) is 13.2 Å². The lowest BCUT2D eigenvalue weighted by Crippen LogP contribution is -2.41. The molecule has 0 atom stereocenters. The fourth-order valence-corrected chi connectivity index (χ4v) is 1.62. The molecule has 0 saturated carbocycles. The van der Waals surface area contributed by atoms with E-state index in [0.29, 0.717) is 4.90 Å². The summed E-state index contributed by atoms with van der Waals surface area (Å²) >= 11 is 0. The minimum Gasteiger partial charge on any atom is -0.328 e. The van der Waals surface area contributed by atoms with E-state index in [1.165, 1.54) is 18.2 Å². The van der Waals surface area contributed by atoms with Crippen molar-refractivity contribution in [1.82, 2.24) is 9.88 Å². The zero-order chi connectivity index (χ0) is 14.6. The fourth-order valence-electron chi connectivity index (χ4n) is 1.62. The molecule has 19 heavy (non-hydrogen) atoms. The molecule has 0 aliphatic carbocycles. The van der Waals surface area contributed by atoms with Gasteiger partial charge in [-0.15, -0.1) is 0 Å². The number of carbonyl (C=O) groups is 1. The summed E-state index contributed by atoms with van der Waals surface area (Å²) in [6.07, 6.45) is -4.47. The lowest BCUT2D eigenvalue weighted by molar-refractivity contribution is -0.141. The van der Waals surface area contributed by atoms with Crippen LogP contribution in [0, 0.1) is 5.92 Å². The van der Waals surface area contributed by atoms with Gasteiger partial charge >= 0.3 is 6.18 Å². The molecular formula is C12H15F3N2O2. The molecule has 1 amide bonds. The first kappa shape index (κ1) is 15.3. The molecule has 0 bridgehead atoms. The van der Waals surface area contributed by atoms with Crippen LogP contribution in [-0.2, 0) is 0 Å². The van der Waals surface area contributed by atoms with Crippen LogP contribution in [0.1, 0.15) is 24.3 Å². The van der Waals surface area contributed by atoms with Gasteiger partial charge in [-0.05, 0) is 12.0 Å². The van der Waals surface area contributed by atoms with Gasteiger partial charge in [0.2, 0.25) is 5.56 Å². The monoisotopic (exact) mass is 276 g/mol. The summed E-state index contributed by atoms with van der Waals surface area (Å²) in [7, 11) is 0. The van der Waals surface area contributed by atoms with Crippen molar-refractivity contribution in [3.05, 3.63) is 34.2 Å². The summed E-state index contributed by atoms with van der Waals surface area (Å²) in [5.41, 5.74) is -0.667. The van der Waals surface area contributed by atoms with Gasteiger partial charge in [-0.1, -0.05) is 19.9 Å². The summed E-state index contributed by atoms with van der Waals surface area (Å²) in [4.78, 5) is 26.0.